The van der Waals surface area contributed by atoms with Gasteiger partial charge in [-0.2, -0.15) is 0 Å². The first kappa shape index (κ1) is 15.5. The van der Waals surface area contributed by atoms with Gasteiger partial charge < -0.3 is 0 Å². The first-order chi connectivity index (χ1) is 9.23. The number of aryl methyl sites for hydroxylation is 1. The zero-order chi connectivity index (χ0) is 15.0. The van der Waals surface area contributed by atoms with Crippen molar-refractivity contribution in [3.63, 3.8) is 0 Å². The van der Waals surface area contributed by atoms with E-state index in [2.05, 4.69) is 20.8 Å². The Morgan fingerprint density at radius 2 is 1.90 bits per heavy atom. The summed E-state index contributed by atoms with van der Waals surface area (Å²) in [5.74, 6) is 0. The monoisotopic (exact) mass is 297 g/mol. The van der Waals surface area contributed by atoms with Crippen LogP contribution in [0.15, 0.2) is 23.1 Å². The van der Waals surface area contributed by atoms with Gasteiger partial charge in [0, 0.05) is 6.54 Å². The van der Waals surface area contributed by atoms with Crippen LogP contribution in [0.4, 0.5) is 0 Å². The molecule has 1 aliphatic rings. The Morgan fingerprint density at radius 3 is 2.45 bits per heavy atom. The first-order valence-corrected chi connectivity index (χ1v) is 8.44. The molecule has 0 bridgehead atoms. The molecule has 0 aliphatic carbocycles. The summed E-state index contributed by atoms with van der Waals surface area (Å²) in [4.78, 5) is 5.68. The Balaban J connectivity index is 2.45. The van der Waals surface area contributed by atoms with Crippen LogP contribution in [0.2, 0.25) is 0 Å². The largest absolute Gasteiger partial charge is 0.284 e. The predicted octanol–water partition coefficient (Wildman–Crippen LogP) is 3.01. The van der Waals surface area contributed by atoms with Gasteiger partial charge >= 0.3 is 0 Å². The predicted molar refractivity (Wildman–Crippen MR) is 79.0 cm³/mol. The van der Waals surface area contributed by atoms with Gasteiger partial charge in [-0.15, -0.1) is 0 Å². The highest BCUT2D eigenvalue weighted by Crippen LogP contribution is 2.29. The van der Waals surface area contributed by atoms with Crippen LogP contribution in [0.5, 0.6) is 0 Å². The highest BCUT2D eigenvalue weighted by atomic mass is 32.2. The molecule has 112 valence electrons. The summed E-state index contributed by atoms with van der Waals surface area (Å²) < 4.78 is 26.5. The number of nitrogens with zero attached hydrogens (tertiary/aromatic N) is 1. The molecule has 0 N–H and O–H groups in total. The second kappa shape index (κ2) is 5.47. The van der Waals surface area contributed by atoms with Crippen molar-refractivity contribution >= 4 is 10.0 Å². The molecular formula is C15H23NO3S. The Kier molecular flexibility index (Phi) is 4.23. The lowest BCUT2D eigenvalue weighted by Crippen LogP contribution is -2.36. The van der Waals surface area contributed by atoms with Gasteiger partial charge in [0.05, 0.1) is 11.5 Å². The molecule has 0 atom stereocenters. The van der Waals surface area contributed by atoms with Crippen molar-refractivity contribution in [2.24, 2.45) is 0 Å². The lowest BCUT2D eigenvalue weighted by Gasteiger charge is -2.27. The number of rotatable bonds is 2. The summed E-state index contributed by atoms with van der Waals surface area (Å²) in [6.45, 7) is 8.95. The molecule has 5 heteroatoms. The van der Waals surface area contributed by atoms with E-state index in [1.807, 2.05) is 19.1 Å². The van der Waals surface area contributed by atoms with E-state index in [0.717, 1.165) is 28.4 Å². The van der Waals surface area contributed by atoms with Gasteiger partial charge in [-0.25, -0.2) is 8.42 Å². The second-order valence-electron chi connectivity index (χ2n) is 6.30. The number of sulfonamides is 1. The smallest absolute Gasteiger partial charge is 0.265 e. The van der Waals surface area contributed by atoms with Crippen LogP contribution in [0.1, 0.15) is 44.7 Å². The lowest BCUT2D eigenvalue weighted by molar-refractivity contribution is -0.108. The molecule has 1 aliphatic heterocycles. The van der Waals surface area contributed by atoms with E-state index in [1.54, 1.807) is 6.07 Å². The van der Waals surface area contributed by atoms with E-state index in [9.17, 15) is 8.42 Å². The Hall–Kier alpha value is -0.910. The van der Waals surface area contributed by atoms with Gasteiger partial charge in [0.15, 0.2) is 0 Å². The van der Waals surface area contributed by atoms with Crippen molar-refractivity contribution in [1.82, 2.24) is 4.47 Å². The molecule has 0 spiro atoms. The molecule has 0 aromatic heterocycles. The average molecular weight is 297 g/mol. The maximum Gasteiger partial charge on any atom is 0.265 e. The number of hydroxylamine groups is 1. The maximum absolute atomic E-state index is 12.7. The van der Waals surface area contributed by atoms with E-state index in [1.165, 1.54) is 0 Å². The summed E-state index contributed by atoms with van der Waals surface area (Å²) in [6.07, 6.45) is 1.75. The third-order valence-corrected chi connectivity index (χ3v) is 5.39. The van der Waals surface area contributed by atoms with Gasteiger partial charge in [0.25, 0.3) is 10.0 Å². The van der Waals surface area contributed by atoms with E-state index in [-0.39, 0.29) is 5.41 Å². The zero-order valence-corrected chi connectivity index (χ0v) is 13.5. The molecule has 0 amide bonds. The third kappa shape index (κ3) is 3.05. The van der Waals surface area contributed by atoms with Crippen molar-refractivity contribution in [3.8, 4) is 0 Å². The van der Waals surface area contributed by atoms with E-state index < -0.39 is 10.0 Å². The van der Waals surface area contributed by atoms with Crippen LogP contribution in [0.25, 0.3) is 0 Å². The molecule has 20 heavy (non-hydrogen) atoms. The van der Waals surface area contributed by atoms with Crippen LogP contribution in [0.3, 0.4) is 0 Å². The molecule has 1 fully saturated rings. The molecule has 2 rings (SSSR count). The molecule has 4 nitrogen and oxygen atoms in total. The fraction of sp³-hybridized carbons (Fsp3) is 0.600. The van der Waals surface area contributed by atoms with E-state index >= 15 is 0 Å². The van der Waals surface area contributed by atoms with E-state index in [4.69, 9.17) is 4.84 Å². The van der Waals surface area contributed by atoms with Gasteiger partial charge in [0.2, 0.25) is 0 Å². The number of hydrogen-bond acceptors (Lipinski definition) is 3. The summed E-state index contributed by atoms with van der Waals surface area (Å²) in [5.41, 5.74) is 1.69. The highest BCUT2D eigenvalue weighted by molar-refractivity contribution is 7.89. The van der Waals surface area contributed by atoms with Crippen LogP contribution in [-0.2, 0) is 20.3 Å². The average Bonchev–Trinajstić information content (AvgIpc) is 2.38. The quantitative estimate of drug-likeness (QED) is 0.843. The van der Waals surface area contributed by atoms with Crippen LogP contribution in [0, 0.1) is 6.92 Å². The summed E-state index contributed by atoms with van der Waals surface area (Å²) in [7, 11) is -3.56. The Morgan fingerprint density at radius 1 is 1.20 bits per heavy atom. The van der Waals surface area contributed by atoms with Crippen molar-refractivity contribution in [2.45, 2.75) is 50.8 Å². The molecular weight excluding hydrogens is 274 g/mol. The van der Waals surface area contributed by atoms with Crippen LogP contribution >= 0.6 is 0 Å². The third-order valence-electron chi connectivity index (χ3n) is 3.57. The fourth-order valence-electron chi connectivity index (χ4n) is 2.22. The molecule has 0 radical (unpaired) electrons. The SMILES string of the molecule is Cc1ccc(C(C)(C)C)cc1S(=O)(=O)N1CCCCO1. The van der Waals surface area contributed by atoms with Gasteiger partial charge in [-0.1, -0.05) is 37.4 Å². The molecule has 1 heterocycles. The standard InChI is InChI=1S/C15H23NO3S/c1-12-7-8-13(15(2,3)4)11-14(12)20(17,18)16-9-5-6-10-19-16/h7-8,11H,5-6,9-10H2,1-4H3. The molecule has 1 aromatic carbocycles. The summed E-state index contributed by atoms with van der Waals surface area (Å²) in [6, 6.07) is 5.64. The van der Waals surface area contributed by atoms with Gasteiger partial charge in [0.1, 0.15) is 0 Å². The normalized spacial score (nSPS) is 18.2. The van der Waals surface area contributed by atoms with E-state index in [0.29, 0.717) is 18.0 Å². The maximum atomic E-state index is 12.7. The Bertz CT molecular complexity index is 582. The van der Waals surface area contributed by atoms with Gasteiger partial charge in [-0.3, -0.25) is 4.84 Å². The minimum Gasteiger partial charge on any atom is -0.284 e. The fourth-order valence-corrected chi connectivity index (χ4v) is 3.77. The highest BCUT2D eigenvalue weighted by Gasteiger charge is 2.29. The topological polar surface area (TPSA) is 46.6 Å². The van der Waals surface area contributed by atoms with Gasteiger partial charge in [-0.05, 0) is 42.4 Å². The molecule has 1 aromatic rings. The number of hydrogen-bond donors (Lipinski definition) is 0. The minimum absolute atomic E-state index is 0.0826. The van der Waals surface area contributed by atoms with Crippen LogP contribution < -0.4 is 0 Å². The summed E-state index contributed by atoms with van der Waals surface area (Å²) >= 11 is 0. The molecule has 0 saturated carbocycles. The minimum atomic E-state index is -3.56. The van der Waals surface area contributed by atoms with Crippen molar-refractivity contribution < 1.29 is 13.3 Å². The first-order valence-electron chi connectivity index (χ1n) is 7.00. The Labute approximate surface area is 121 Å². The molecule has 1 saturated heterocycles. The van der Waals surface area contributed by atoms with Crippen molar-refractivity contribution in [1.29, 1.82) is 0 Å². The summed E-state index contributed by atoms with van der Waals surface area (Å²) in [5, 5.41) is 0. The second-order valence-corrected chi connectivity index (χ2v) is 8.10. The van der Waals surface area contributed by atoms with Crippen molar-refractivity contribution in [2.75, 3.05) is 13.2 Å². The lowest BCUT2D eigenvalue weighted by atomic mass is 9.87. The number of benzene rings is 1. The van der Waals surface area contributed by atoms with Crippen LogP contribution in [-0.4, -0.2) is 26.0 Å². The molecule has 0 unspecified atom stereocenters. The van der Waals surface area contributed by atoms with Crippen molar-refractivity contribution in [3.05, 3.63) is 29.3 Å². The zero-order valence-electron chi connectivity index (χ0n) is 12.6.